The molecule has 2 heterocycles. The number of benzene rings is 1. The molecule has 1 aliphatic heterocycles. The average Bonchev–Trinajstić information content (AvgIpc) is 3.05. The second-order valence-corrected chi connectivity index (χ2v) is 5.61. The van der Waals surface area contributed by atoms with Gasteiger partial charge < -0.3 is 4.74 Å². The van der Waals surface area contributed by atoms with Gasteiger partial charge in [0, 0.05) is 19.6 Å². The summed E-state index contributed by atoms with van der Waals surface area (Å²) >= 11 is 5.70. The van der Waals surface area contributed by atoms with Crippen LogP contribution in [0.1, 0.15) is 11.4 Å². The molecule has 128 valence electrons. The zero-order chi connectivity index (χ0) is 17.1. The van der Waals surface area contributed by atoms with E-state index in [0.29, 0.717) is 30.5 Å². The average molecular weight is 356 g/mol. The standard InChI is InChI=1S/C14H15ClFN5O3/c15-10-7-9(1-2-11(10)16)21(22)14(17)13-12(18-24-19-13)8-20-3-5-23-6-4-20/h1-2,7,17,22H,3-6,8H2. The summed E-state index contributed by atoms with van der Waals surface area (Å²) in [6.45, 7) is 3.13. The molecule has 0 amide bonds. The van der Waals surface area contributed by atoms with Gasteiger partial charge in [-0.2, -0.15) is 0 Å². The summed E-state index contributed by atoms with van der Waals surface area (Å²) in [5.41, 5.74) is 0.658. The van der Waals surface area contributed by atoms with Gasteiger partial charge >= 0.3 is 0 Å². The molecule has 0 aliphatic carbocycles. The highest BCUT2D eigenvalue weighted by Crippen LogP contribution is 2.23. The Kier molecular flexibility index (Phi) is 5.05. The van der Waals surface area contributed by atoms with Gasteiger partial charge in [0.05, 0.1) is 23.9 Å². The Bertz CT molecular complexity index is 735. The number of hydrogen-bond donors (Lipinski definition) is 2. The number of amidine groups is 1. The lowest BCUT2D eigenvalue weighted by Gasteiger charge is -2.25. The highest BCUT2D eigenvalue weighted by atomic mass is 35.5. The maximum absolute atomic E-state index is 13.2. The van der Waals surface area contributed by atoms with Crippen LogP contribution in [0.5, 0.6) is 0 Å². The van der Waals surface area contributed by atoms with E-state index < -0.39 is 5.82 Å². The van der Waals surface area contributed by atoms with Crippen LogP contribution < -0.4 is 5.06 Å². The van der Waals surface area contributed by atoms with Gasteiger partial charge in [0.1, 0.15) is 11.5 Å². The van der Waals surface area contributed by atoms with Crippen LogP contribution >= 0.6 is 11.6 Å². The Morgan fingerprint density at radius 3 is 2.83 bits per heavy atom. The fourth-order valence-electron chi connectivity index (χ4n) is 2.31. The minimum absolute atomic E-state index is 0.101. The largest absolute Gasteiger partial charge is 0.379 e. The lowest BCUT2D eigenvalue weighted by atomic mass is 10.2. The van der Waals surface area contributed by atoms with Crippen molar-refractivity contribution in [2.24, 2.45) is 0 Å². The molecular weight excluding hydrogens is 341 g/mol. The summed E-state index contributed by atoms with van der Waals surface area (Å²) in [6.07, 6.45) is 0. The van der Waals surface area contributed by atoms with Crippen molar-refractivity contribution in [1.29, 1.82) is 5.41 Å². The molecule has 0 unspecified atom stereocenters. The minimum Gasteiger partial charge on any atom is -0.379 e. The number of hydroxylamine groups is 1. The fraction of sp³-hybridized carbons (Fsp3) is 0.357. The summed E-state index contributed by atoms with van der Waals surface area (Å²) in [5, 5.41) is 26.2. The third-order valence-corrected chi connectivity index (χ3v) is 3.91. The summed E-state index contributed by atoms with van der Waals surface area (Å²) in [5.74, 6) is -0.960. The minimum atomic E-state index is -0.614. The second-order valence-electron chi connectivity index (χ2n) is 5.21. The first-order valence-electron chi connectivity index (χ1n) is 7.21. The predicted octanol–water partition coefficient (Wildman–Crippen LogP) is 1.92. The zero-order valence-corrected chi connectivity index (χ0v) is 13.3. The van der Waals surface area contributed by atoms with E-state index >= 15 is 0 Å². The van der Waals surface area contributed by atoms with Crippen molar-refractivity contribution in [2.45, 2.75) is 6.54 Å². The lowest BCUT2D eigenvalue weighted by Crippen LogP contribution is -2.36. The number of rotatable bonds is 4. The molecule has 2 N–H and O–H groups in total. The first kappa shape index (κ1) is 16.8. The quantitative estimate of drug-likeness (QED) is 0.491. The smallest absolute Gasteiger partial charge is 0.182 e. The number of halogens is 2. The number of morpholine rings is 1. The molecule has 1 aromatic carbocycles. The zero-order valence-electron chi connectivity index (χ0n) is 12.6. The van der Waals surface area contributed by atoms with Crippen LogP contribution in [0.2, 0.25) is 5.02 Å². The molecule has 0 spiro atoms. The van der Waals surface area contributed by atoms with E-state index in [2.05, 4.69) is 15.2 Å². The van der Waals surface area contributed by atoms with Crippen molar-refractivity contribution in [1.82, 2.24) is 15.2 Å². The number of nitrogens with one attached hydrogen (secondary N) is 1. The number of anilines is 1. The molecule has 1 fully saturated rings. The Morgan fingerprint density at radius 1 is 1.38 bits per heavy atom. The monoisotopic (exact) mass is 355 g/mol. The van der Waals surface area contributed by atoms with Crippen molar-refractivity contribution < 1.29 is 19.0 Å². The van der Waals surface area contributed by atoms with Gasteiger partial charge in [0.15, 0.2) is 11.5 Å². The SMILES string of the molecule is N=C(c1nonc1CN1CCOCC1)N(O)c1ccc(F)c(Cl)c1. The lowest BCUT2D eigenvalue weighted by molar-refractivity contribution is 0.0332. The van der Waals surface area contributed by atoms with Crippen molar-refractivity contribution in [3.63, 3.8) is 0 Å². The molecule has 0 atom stereocenters. The fourth-order valence-corrected chi connectivity index (χ4v) is 2.48. The molecule has 2 aromatic rings. The molecule has 1 aromatic heterocycles. The Balaban J connectivity index is 1.77. The predicted molar refractivity (Wildman–Crippen MR) is 82.9 cm³/mol. The van der Waals surface area contributed by atoms with E-state index in [1.807, 2.05) is 0 Å². The van der Waals surface area contributed by atoms with E-state index in [1.54, 1.807) is 0 Å². The van der Waals surface area contributed by atoms with Crippen molar-refractivity contribution >= 4 is 23.1 Å². The highest BCUT2D eigenvalue weighted by Gasteiger charge is 2.23. The van der Waals surface area contributed by atoms with Crippen LogP contribution in [0, 0.1) is 11.2 Å². The van der Waals surface area contributed by atoms with Crippen LogP contribution in [0.25, 0.3) is 0 Å². The van der Waals surface area contributed by atoms with E-state index in [1.165, 1.54) is 12.1 Å². The van der Waals surface area contributed by atoms with Crippen LogP contribution in [0.3, 0.4) is 0 Å². The van der Waals surface area contributed by atoms with Gasteiger partial charge in [-0.05, 0) is 23.4 Å². The topological polar surface area (TPSA) is 98.7 Å². The highest BCUT2D eigenvalue weighted by molar-refractivity contribution is 6.31. The summed E-state index contributed by atoms with van der Waals surface area (Å²) in [6, 6.07) is 3.61. The maximum Gasteiger partial charge on any atom is 0.182 e. The Hall–Kier alpha value is -2.07. The molecule has 3 rings (SSSR count). The van der Waals surface area contributed by atoms with Gasteiger partial charge in [0.25, 0.3) is 0 Å². The number of ether oxygens (including phenoxy) is 1. The third kappa shape index (κ3) is 3.54. The first-order valence-corrected chi connectivity index (χ1v) is 7.58. The molecule has 1 aliphatic rings. The molecule has 24 heavy (non-hydrogen) atoms. The van der Waals surface area contributed by atoms with Gasteiger partial charge in [0.2, 0.25) is 0 Å². The molecule has 0 saturated carbocycles. The molecular formula is C14H15ClFN5O3. The first-order chi connectivity index (χ1) is 11.6. The van der Waals surface area contributed by atoms with Gasteiger partial charge in [-0.3, -0.25) is 15.5 Å². The van der Waals surface area contributed by atoms with Crippen molar-refractivity contribution in [3.8, 4) is 0 Å². The normalized spacial score (nSPS) is 15.5. The molecule has 10 heteroatoms. The number of aromatic nitrogens is 2. The van der Waals surface area contributed by atoms with Crippen molar-refractivity contribution in [3.05, 3.63) is 40.4 Å². The van der Waals surface area contributed by atoms with Gasteiger partial charge in [-0.15, -0.1) is 0 Å². The summed E-state index contributed by atoms with van der Waals surface area (Å²) < 4.78 is 23.2. The van der Waals surface area contributed by atoms with Gasteiger partial charge in [-0.1, -0.05) is 16.8 Å². The Morgan fingerprint density at radius 2 is 2.12 bits per heavy atom. The molecule has 0 radical (unpaired) electrons. The summed E-state index contributed by atoms with van der Waals surface area (Å²) in [4.78, 5) is 2.08. The molecule has 0 bridgehead atoms. The van der Waals surface area contributed by atoms with E-state index in [9.17, 15) is 9.60 Å². The van der Waals surface area contributed by atoms with Crippen LogP contribution in [-0.2, 0) is 11.3 Å². The molecule has 8 nitrogen and oxygen atoms in total. The van der Waals surface area contributed by atoms with Crippen LogP contribution in [0.15, 0.2) is 22.8 Å². The Labute approximate surface area is 141 Å². The van der Waals surface area contributed by atoms with Gasteiger partial charge in [-0.25, -0.2) is 14.1 Å². The maximum atomic E-state index is 13.2. The number of nitrogens with zero attached hydrogens (tertiary/aromatic N) is 4. The summed E-state index contributed by atoms with van der Waals surface area (Å²) in [7, 11) is 0. The van der Waals surface area contributed by atoms with Crippen LogP contribution in [-0.4, -0.2) is 52.6 Å². The van der Waals surface area contributed by atoms with Crippen molar-refractivity contribution in [2.75, 3.05) is 31.4 Å². The van der Waals surface area contributed by atoms with E-state index in [0.717, 1.165) is 19.2 Å². The van der Waals surface area contributed by atoms with E-state index in [4.69, 9.17) is 26.4 Å². The second kappa shape index (κ2) is 7.22. The van der Waals surface area contributed by atoms with Crippen LogP contribution in [0.4, 0.5) is 10.1 Å². The number of hydrogen-bond acceptors (Lipinski definition) is 7. The molecule has 1 saturated heterocycles. The van der Waals surface area contributed by atoms with E-state index in [-0.39, 0.29) is 22.2 Å². The third-order valence-electron chi connectivity index (χ3n) is 3.62.